The Morgan fingerprint density at radius 2 is 2.03 bits per heavy atom. The largest absolute Gasteiger partial charge is 0.483 e. The number of hydrogen-bond donors (Lipinski definition) is 2. The summed E-state index contributed by atoms with van der Waals surface area (Å²) in [6.07, 6.45) is -0.839. The maximum absolute atomic E-state index is 14.2. The summed E-state index contributed by atoms with van der Waals surface area (Å²) in [5.74, 6) is -0.506. The molecule has 0 bridgehead atoms. The van der Waals surface area contributed by atoms with Gasteiger partial charge in [-0.25, -0.2) is 14.4 Å². The van der Waals surface area contributed by atoms with Gasteiger partial charge in [0.1, 0.15) is 5.82 Å². The number of benzene rings is 1. The first-order chi connectivity index (χ1) is 14.2. The van der Waals surface area contributed by atoms with Crippen molar-refractivity contribution in [3.05, 3.63) is 41.5 Å². The molecule has 0 aliphatic carbocycles. The molecule has 3 rings (SSSR count). The maximum Gasteiger partial charge on any atom is 0.416 e. The van der Waals surface area contributed by atoms with Gasteiger partial charge in [-0.1, -0.05) is 13.0 Å². The van der Waals surface area contributed by atoms with Crippen molar-refractivity contribution in [2.24, 2.45) is 0 Å². The number of hydrogen-bond acceptors (Lipinski definition) is 5. The second kappa shape index (κ2) is 10.3. The fourth-order valence-corrected chi connectivity index (χ4v) is 3.48. The molecule has 10 heteroatoms. The van der Waals surface area contributed by atoms with Gasteiger partial charge in [0.25, 0.3) is 6.47 Å². The number of aromatic nitrogens is 2. The van der Waals surface area contributed by atoms with Gasteiger partial charge in [-0.2, -0.15) is 13.2 Å². The van der Waals surface area contributed by atoms with Gasteiger partial charge in [0, 0.05) is 29.9 Å². The van der Waals surface area contributed by atoms with Crippen molar-refractivity contribution in [1.29, 1.82) is 0 Å². The second-order valence-electron chi connectivity index (χ2n) is 6.80. The van der Waals surface area contributed by atoms with Crippen molar-refractivity contribution in [1.82, 2.24) is 14.9 Å². The molecule has 1 aliphatic rings. The van der Waals surface area contributed by atoms with Crippen LogP contribution in [0.15, 0.2) is 24.4 Å². The Balaban J connectivity index is 0.00000101. The van der Waals surface area contributed by atoms with Crippen molar-refractivity contribution >= 4 is 12.4 Å². The predicted octanol–water partition coefficient (Wildman–Crippen LogP) is 4.21. The number of likely N-dealkylation sites (N-methyl/N-ethyl adjacent to an activating group) is 1. The van der Waals surface area contributed by atoms with Crippen LogP contribution in [0.25, 0.3) is 11.1 Å². The van der Waals surface area contributed by atoms with Gasteiger partial charge in [-0.3, -0.25) is 9.69 Å². The first-order valence-corrected chi connectivity index (χ1v) is 9.47. The monoisotopic (exact) mass is 428 g/mol. The van der Waals surface area contributed by atoms with E-state index in [1.807, 2.05) is 0 Å². The Labute approximate surface area is 172 Å². The van der Waals surface area contributed by atoms with Crippen LogP contribution in [-0.4, -0.2) is 52.1 Å². The highest BCUT2D eigenvalue weighted by Crippen LogP contribution is 2.33. The molecule has 1 atom stereocenters. The maximum atomic E-state index is 14.2. The van der Waals surface area contributed by atoms with E-state index in [2.05, 4.69) is 27.1 Å². The molecular formula is C20H24F4N4O2. The molecule has 2 aromatic rings. The average Bonchev–Trinajstić information content (AvgIpc) is 3.14. The molecule has 1 aromatic carbocycles. The Morgan fingerprint density at radius 3 is 2.60 bits per heavy atom. The van der Waals surface area contributed by atoms with E-state index in [1.54, 1.807) is 6.92 Å². The lowest BCUT2D eigenvalue weighted by Crippen LogP contribution is -2.34. The third-order valence-corrected chi connectivity index (χ3v) is 4.97. The number of nitrogens with one attached hydrogen (secondary N) is 1. The molecule has 1 fully saturated rings. The number of carbonyl (C=O) groups is 1. The Hall–Kier alpha value is -2.75. The molecule has 0 amide bonds. The van der Waals surface area contributed by atoms with Crippen LogP contribution in [0.5, 0.6) is 0 Å². The molecule has 2 N–H and O–H groups in total. The second-order valence-corrected chi connectivity index (χ2v) is 6.80. The zero-order chi connectivity index (χ0) is 22.3. The van der Waals surface area contributed by atoms with Gasteiger partial charge >= 0.3 is 6.18 Å². The lowest BCUT2D eigenvalue weighted by Gasteiger charge is -2.23. The lowest BCUT2D eigenvalue weighted by atomic mass is 10.0. The third-order valence-electron chi connectivity index (χ3n) is 4.97. The molecule has 1 unspecified atom stereocenters. The summed E-state index contributed by atoms with van der Waals surface area (Å²) in [7, 11) is 0. The predicted molar refractivity (Wildman–Crippen MR) is 105 cm³/mol. The Bertz CT molecular complexity index is 861. The van der Waals surface area contributed by atoms with Crippen LogP contribution in [-0.2, 0) is 11.0 Å². The summed E-state index contributed by atoms with van der Waals surface area (Å²) in [5, 5.41) is 10.1. The number of anilines is 1. The van der Waals surface area contributed by atoms with E-state index in [4.69, 9.17) is 9.90 Å². The van der Waals surface area contributed by atoms with Crippen molar-refractivity contribution in [2.45, 2.75) is 38.9 Å². The standard InChI is InChI=1S/C19H22F4N4.CH2O2/c1-3-27-8-4-5-14(27)10-24-18-25-11-16(12(2)26-18)15-7-6-13(9-17(15)20)19(21,22)23;2-1-3/h6-7,9,11,14H,3-5,8,10H2,1-2H3,(H,24,25,26);1H,(H,2,3). The van der Waals surface area contributed by atoms with Crippen LogP contribution >= 0.6 is 0 Å². The number of halogens is 4. The number of aryl methyl sites for hydroxylation is 1. The van der Waals surface area contributed by atoms with Crippen molar-refractivity contribution < 1.29 is 27.5 Å². The summed E-state index contributed by atoms with van der Waals surface area (Å²) < 4.78 is 52.3. The molecule has 30 heavy (non-hydrogen) atoms. The number of carboxylic acid groups (broad SMARTS) is 1. The van der Waals surface area contributed by atoms with E-state index >= 15 is 0 Å². The summed E-state index contributed by atoms with van der Waals surface area (Å²) >= 11 is 0. The van der Waals surface area contributed by atoms with E-state index in [-0.39, 0.29) is 12.0 Å². The normalized spacial score (nSPS) is 16.7. The van der Waals surface area contributed by atoms with Crippen molar-refractivity contribution in [2.75, 3.05) is 25.0 Å². The van der Waals surface area contributed by atoms with Crippen LogP contribution in [0.1, 0.15) is 31.0 Å². The third kappa shape index (κ3) is 5.88. The molecule has 1 saturated heterocycles. The smallest absolute Gasteiger partial charge is 0.416 e. The quantitative estimate of drug-likeness (QED) is 0.549. The van der Waals surface area contributed by atoms with Crippen LogP contribution < -0.4 is 5.32 Å². The average molecular weight is 428 g/mol. The molecule has 1 aliphatic heterocycles. The number of rotatable bonds is 5. The number of nitrogens with zero attached hydrogens (tertiary/aromatic N) is 3. The van der Waals surface area contributed by atoms with E-state index in [0.29, 0.717) is 29.3 Å². The lowest BCUT2D eigenvalue weighted by molar-refractivity contribution is -0.137. The van der Waals surface area contributed by atoms with Crippen LogP contribution in [0, 0.1) is 12.7 Å². The number of alkyl halides is 3. The molecule has 0 saturated carbocycles. The molecule has 0 spiro atoms. The minimum Gasteiger partial charge on any atom is -0.483 e. The van der Waals surface area contributed by atoms with Gasteiger partial charge in [0.15, 0.2) is 0 Å². The van der Waals surface area contributed by atoms with Gasteiger partial charge < -0.3 is 10.4 Å². The molecule has 164 valence electrons. The van der Waals surface area contributed by atoms with Gasteiger partial charge in [-0.05, 0) is 45.0 Å². The van der Waals surface area contributed by atoms with E-state index in [1.165, 1.54) is 12.6 Å². The zero-order valence-electron chi connectivity index (χ0n) is 16.7. The first-order valence-electron chi connectivity index (χ1n) is 9.47. The highest BCUT2D eigenvalue weighted by molar-refractivity contribution is 5.66. The topological polar surface area (TPSA) is 78.3 Å². The van der Waals surface area contributed by atoms with E-state index in [0.717, 1.165) is 38.2 Å². The fraction of sp³-hybridized carbons (Fsp3) is 0.450. The molecule has 2 heterocycles. The molecule has 1 aromatic heterocycles. The summed E-state index contributed by atoms with van der Waals surface area (Å²) in [4.78, 5) is 19.3. The van der Waals surface area contributed by atoms with Crippen LogP contribution in [0.4, 0.5) is 23.5 Å². The summed E-state index contributed by atoms with van der Waals surface area (Å²) in [5.41, 5.74) is -0.0783. The van der Waals surface area contributed by atoms with Gasteiger partial charge in [-0.15, -0.1) is 0 Å². The van der Waals surface area contributed by atoms with Gasteiger partial charge in [0.2, 0.25) is 5.95 Å². The Kier molecular flexibility index (Phi) is 8.10. The molecular weight excluding hydrogens is 404 g/mol. The molecule has 6 nitrogen and oxygen atoms in total. The van der Waals surface area contributed by atoms with Crippen LogP contribution in [0.2, 0.25) is 0 Å². The van der Waals surface area contributed by atoms with E-state index in [9.17, 15) is 17.6 Å². The highest BCUT2D eigenvalue weighted by Gasteiger charge is 2.31. The van der Waals surface area contributed by atoms with E-state index < -0.39 is 17.6 Å². The van der Waals surface area contributed by atoms with Crippen LogP contribution in [0.3, 0.4) is 0 Å². The minimum atomic E-state index is -4.58. The van der Waals surface area contributed by atoms with Crippen molar-refractivity contribution in [3.8, 4) is 11.1 Å². The SMILES string of the molecule is CCN1CCCC1CNc1ncc(-c2ccc(C(F)(F)F)cc2F)c(C)n1.O=CO. The Morgan fingerprint density at radius 1 is 1.33 bits per heavy atom. The van der Waals surface area contributed by atoms with Crippen molar-refractivity contribution in [3.63, 3.8) is 0 Å². The number of likely N-dealkylation sites (tertiary alicyclic amines) is 1. The molecule has 0 radical (unpaired) electrons. The van der Waals surface area contributed by atoms with Gasteiger partial charge in [0.05, 0.1) is 11.3 Å². The first kappa shape index (κ1) is 23.5. The minimum absolute atomic E-state index is 0.0556. The zero-order valence-corrected chi connectivity index (χ0v) is 16.7. The summed E-state index contributed by atoms with van der Waals surface area (Å²) in [6, 6.07) is 2.92. The fourth-order valence-electron chi connectivity index (χ4n) is 3.48. The summed E-state index contributed by atoms with van der Waals surface area (Å²) in [6.45, 7) is 6.38. The highest BCUT2D eigenvalue weighted by atomic mass is 19.4.